The molecule has 2 N–H and O–H groups in total. The Bertz CT molecular complexity index is 991. The summed E-state index contributed by atoms with van der Waals surface area (Å²) in [5.74, 6) is 0. The van der Waals surface area contributed by atoms with Gasteiger partial charge in [0.2, 0.25) is 0 Å². The fourth-order valence-corrected chi connectivity index (χ4v) is 2.53. The Morgan fingerprint density at radius 1 is 1.18 bits per heavy atom. The van der Waals surface area contributed by atoms with Crippen LogP contribution in [-0.2, 0) is 4.74 Å². The summed E-state index contributed by atoms with van der Waals surface area (Å²) in [5, 5.41) is 8.80. The van der Waals surface area contributed by atoms with E-state index in [1.54, 1.807) is 6.07 Å². The summed E-state index contributed by atoms with van der Waals surface area (Å²) in [6.07, 6.45) is -0.136. The molecule has 8 nitrogen and oxygen atoms in total. The normalized spacial score (nSPS) is 12.5. The first kappa shape index (κ1) is 19.5. The van der Waals surface area contributed by atoms with Crippen molar-refractivity contribution in [1.82, 2.24) is 19.6 Å². The summed E-state index contributed by atoms with van der Waals surface area (Å²) >= 11 is 0. The van der Waals surface area contributed by atoms with E-state index in [2.05, 4.69) is 30.4 Å². The van der Waals surface area contributed by atoms with Crippen LogP contribution in [0, 0.1) is 0 Å². The Morgan fingerprint density at radius 3 is 2.68 bits per heavy atom. The maximum atomic E-state index is 12.7. The van der Waals surface area contributed by atoms with E-state index in [-0.39, 0.29) is 19.9 Å². The number of ether oxygens (including phenoxy) is 1. The topological polar surface area (TPSA) is 93.4 Å². The van der Waals surface area contributed by atoms with Crippen molar-refractivity contribution in [3.63, 3.8) is 0 Å². The molecular formula is C16H18F4N6O2. The first-order valence-corrected chi connectivity index (χ1v) is 7.93. The van der Waals surface area contributed by atoms with E-state index in [9.17, 15) is 22.4 Å². The van der Waals surface area contributed by atoms with Gasteiger partial charge in [-0.1, -0.05) is 0 Å². The fourth-order valence-electron chi connectivity index (χ4n) is 2.53. The number of hydrogen-bond donors (Lipinski definition) is 2. The van der Waals surface area contributed by atoms with E-state index in [0.717, 1.165) is 12.3 Å². The maximum absolute atomic E-state index is 12.7. The summed E-state index contributed by atoms with van der Waals surface area (Å²) < 4.78 is 56.5. The molecule has 28 heavy (non-hydrogen) atoms. The van der Waals surface area contributed by atoms with Crippen molar-refractivity contribution in [2.24, 2.45) is 0 Å². The third-order valence-electron chi connectivity index (χ3n) is 3.66. The van der Waals surface area contributed by atoms with Gasteiger partial charge in [-0.2, -0.15) is 13.9 Å². The number of halogens is 4. The Labute approximate surface area is 158 Å². The molecule has 0 aliphatic rings. The summed E-state index contributed by atoms with van der Waals surface area (Å²) in [7, 11) is 0. The molecular weight excluding hydrogens is 384 g/mol. The molecule has 3 aromatic heterocycles. The van der Waals surface area contributed by atoms with Crippen LogP contribution in [0.5, 0.6) is 0 Å². The lowest BCUT2D eigenvalue weighted by Gasteiger charge is -2.18. The summed E-state index contributed by atoms with van der Waals surface area (Å²) in [6.45, 7) is -1.68. The third-order valence-corrected chi connectivity index (χ3v) is 3.66. The van der Waals surface area contributed by atoms with Crippen LogP contribution in [0.3, 0.4) is 0 Å². The monoisotopic (exact) mass is 402 g/mol. The van der Waals surface area contributed by atoms with Gasteiger partial charge in [-0.3, -0.25) is 4.98 Å². The molecule has 0 saturated heterocycles. The highest BCUT2D eigenvalue weighted by Crippen LogP contribution is 2.27. The molecule has 0 bridgehead atoms. The Morgan fingerprint density at radius 2 is 1.96 bits per heavy atom. The van der Waals surface area contributed by atoms with E-state index < -0.39 is 30.9 Å². The molecule has 0 aliphatic carbocycles. The number of nitrogens with one attached hydrogen (secondary N) is 2. The van der Waals surface area contributed by atoms with Gasteiger partial charge in [-0.15, -0.1) is 0 Å². The molecule has 3 aromatic rings. The minimum Gasteiger partial charge on any atom is -0.313 e. The predicted octanol–water partition coefficient (Wildman–Crippen LogP) is 4.50. The second-order valence-electron chi connectivity index (χ2n) is 5.55. The van der Waals surface area contributed by atoms with Crippen molar-refractivity contribution in [2.45, 2.75) is 26.1 Å². The number of amides is 2. The fraction of sp³-hybridized carbons (Fsp3) is 0.250. The van der Waals surface area contributed by atoms with E-state index in [1.807, 2.05) is 0 Å². The molecule has 1 unspecified atom stereocenters. The number of hydrogen-bond acceptors (Lipinski definition) is 5. The minimum atomic E-state index is -3.04. The number of fused-ring (bicyclic) bond motifs is 1. The van der Waals surface area contributed by atoms with Crippen LogP contribution in [0.2, 0.25) is 0 Å². The molecule has 0 radical (unpaired) electrons. The van der Waals surface area contributed by atoms with Crippen LogP contribution in [0.1, 0.15) is 33.7 Å². The van der Waals surface area contributed by atoms with Gasteiger partial charge in [0.25, 0.3) is 6.43 Å². The Kier molecular flexibility index (Phi) is 5.68. The standard InChI is InChI=1S/C16H14F4N6O2.2H2/c1-8(28-15(19)20)13-11(7-22-12-3-5-23-26(12)13)25-16(27)24-9-2-4-21-10(6-9)14(17)18;;/h2-8,14-15H,1H3,(H2,21,24,25,27);2*1H. The lowest BCUT2D eigenvalue weighted by molar-refractivity contribution is -0.160. The Hall–Kier alpha value is -3.28. The minimum absolute atomic E-state index is 0. The van der Waals surface area contributed by atoms with Gasteiger partial charge in [-0.25, -0.2) is 23.1 Å². The third kappa shape index (κ3) is 4.34. The molecule has 3 heterocycles. The Balaban J connectivity index is 0.00000225. The van der Waals surface area contributed by atoms with Crippen molar-refractivity contribution in [2.75, 3.05) is 10.6 Å². The highest BCUT2D eigenvalue weighted by Gasteiger charge is 2.22. The van der Waals surface area contributed by atoms with Gasteiger partial charge in [0, 0.05) is 20.8 Å². The second kappa shape index (κ2) is 8.17. The zero-order valence-corrected chi connectivity index (χ0v) is 14.3. The number of urea groups is 1. The van der Waals surface area contributed by atoms with Gasteiger partial charge >= 0.3 is 12.6 Å². The largest absolute Gasteiger partial charge is 0.345 e. The number of alkyl halides is 4. The lowest BCUT2D eigenvalue weighted by Crippen LogP contribution is -2.23. The van der Waals surface area contributed by atoms with Crippen LogP contribution in [-0.4, -0.2) is 32.2 Å². The molecule has 0 fully saturated rings. The zero-order valence-electron chi connectivity index (χ0n) is 14.3. The van der Waals surface area contributed by atoms with Crippen LogP contribution < -0.4 is 10.6 Å². The second-order valence-corrected chi connectivity index (χ2v) is 5.55. The number of nitrogens with zero attached hydrogens (tertiary/aromatic N) is 4. The van der Waals surface area contributed by atoms with Crippen molar-refractivity contribution in [3.05, 3.63) is 48.2 Å². The molecule has 1 atom stereocenters. The van der Waals surface area contributed by atoms with Gasteiger partial charge in [-0.05, 0) is 19.1 Å². The first-order chi connectivity index (χ1) is 13.3. The van der Waals surface area contributed by atoms with Gasteiger partial charge in [0.15, 0.2) is 5.65 Å². The van der Waals surface area contributed by atoms with Crippen LogP contribution in [0.25, 0.3) is 5.65 Å². The molecule has 0 saturated carbocycles. The van der Waals surface area contributed by atoms with Crippen molar-refractivity contribution in [1.29, 1.82) is 0 Å². The highest BCUT2D eigenvalue weighted by molar-refractivity contribution is 6.00. The van der Waals surface area contributed by atoms with Crippen LogP contribution in [0.15, 0.2) is 36.8 Å². The van der Waals surface area contributed by atoms with Gasteiger partial charge in [0.05, 0.1) is 23.8 Å². The lowest BCUT2D eigenvalue weighted by atomic mass is 10.2. The SMILES string of the molecule is CC(OC(F)F)c1c(NC(=O)Nc2ccnc(C(F)F)c2)cnc2ccnn12.[HH].[HH]. The molecule has 3 rings (SSSR count). The molecule has 12 heteroatoms. The number of carbonyl (C=O) groups excluding carboxylic acids is 1. The van der Waals surface area contributed by atoms with Crippen molar-refractivity contribution in [3.8, 4) is 0 Å². The maximum Gasteiger partial charge on any atom is 0.345 e. The highest BCUT2D eigenvalue weighted by atomic mass is 19.3. The number of rotatable bonds is 6. The average molecular weight is 402 g/mol. The first-order valence-electron chi connectivity index (χ1n) is 7.93. The van der Waals surface area contributed by atoms with Crippen LogP contribution in [0.4, 0.5) is 33.7 Å². The molecule has 0 spiro atoms. The van der Waals surface area contributed by atoms with E-state index >= 15 is 0 Å². The molecule has 0 aromatic carbocycles. The summed E-state index contributed by atoms with van der Waals surface area (Å²) in [6, 6.07) is 3.09. The molecule has 2 amide bonds. The molecule has 0 aliphatic heterocycles. The van der Waals surface area contributed by atoms with Gasteiger partial charge < -0.3 is 15.4 Å². The van der Waals surface area contributed by atoms with Crippen LogP contribution >= 0.6 is 0 Å². The number of carbonyl (C=O) groups is 1. The summed E-state index contributed by atoms with van der Waals surface area (Å²) in [4.78, 5) is 19.8. The van der Waals surface area contributed by atoms with Crippen molar-refractivity contribution < 1.29 is 29.9 Å². The van der Waals surface area contributed by atoms with E-state index in [1.165, 1.54) is 29.9 Å². The quantitative estimate of drug-likeness (QED) is 0.592. The van der Waals surface area contributed by atoms with Crippen molar-refractivity contribution >= 4 is 23.1 Å². The number of anilines is 2. The zero-order chi connectivity index (χ0) is 20.3. The van der Waals surface area contributed by atoms with Gasteiger partial charge in [0.1, 0.15) is 11.8 Å². The molecule has 152 valence electrons. The number of pyridine rings is 1. The summed E-state index contributed by atoms with van der Waals surface area (Å²) in [5.41, 5.74) is 0.131. The smallest absolute Gasteiger partial charge is 0.313 e. The average Bonchev–Trinajstić information content (AvgIpc) is 3.09. The van der Waals surface area contributed by atoms with E-state index in [4.69, 9.17) is 0 Å². The predicted molar refractivity (Wildman–Crippen MR) is 94.6 cm³/mol. The number of aromatic nitrogens is 4. The van der Waals surface area contributed by atoms with E-state index in [0.29, 0.717) is 5.65 Å².